The topological polar surface area (TPSA) is 65.1 Å². The van der Waals surface area contributed by atoms with E-state index in [1.54, 1.807) is 11.3 Å². The molecule has 0 unspecified atom stereocenters. The molecule has 152 valence electrons. The fourth-order valence-corrected chi connectivity index (χ4v) is 4.28. The van der Waals surface area contributed by atoms with Crippen molar-refractivity contribution in [2.75, 3.05) is 6.54 Å². The van der Waals surface area contributed by atoms with Gasteiger partial charge in [-0.1, -0.05) is 47.7 Å². The highest BCUT2D eigenvalue weighted by Gasteiger charge is 2.01. The van der Waals surface area contributed by atoms with Crippen LogP contribution in [0.15, 0.2) is 71.1 Å². The lowest BCUT2D eigenvalue weighted by Crippen LogP contribution is -2.14. The summed E-state index contributed by atoms with van der Waals surface area (Å²) in [5.74, 6) is 5.36. The maximum atomic E-state index is 10.4. The van der Waals surface area contributed by atoms with E-state index < -0.39 is 5.97 Å². The lowest BCUT2D eigenvalue weighted by atomic mass is 10.1. The maximum Gasteiger partial charge on any atom is 0.318 e. The molecule has 2 heterocycles. The fraction of sp³-hybridized carbons (Fsp3) is 0.125. The molecule has 0 amide bonds. The molecule has 3 N–H and O–H groups in total. The number of carboxylic acids is 1. The molecule has 0 atom stereocenters. The zero-order valence-electron chi connectivity index (χ0n) is 16.7. The third-order valence-corrected chi connectivity index (χ3v) is 6.08. The van der Waals surface area contributed by atoms with Crippen LogP contribution >= 0.6 is 23.3 Å². The number of thiophene rings is 1. The number of hydrogen-bond donors (Lipinski definition) is 3. The highest BCUT2D eigenvalue weighted by atomic mass is 32.2. The molecule has 0 aliphatic carbocycles. The first-order valence-electron chi connectivity index (χ1n) is 9.34. The number of benzene rings is 2. The number of para-hydroxylation sites is 1. The number of aromatic amines is 1. The van der Waals surface area contributed by atoms with Crippen molar-refractivity contribution in [3.63, 3.8) is 0 Å². The molecule has 0 saturated heterocycles. The van der Waals surface area contributed by atoms with E-state index in [1.165, 1.54) is 34.0 Å². The number of rotatable bonds is 4. The van der Waals surface area contributed by atoms with E-state index in [2.05, 4.69) is 46.7 Å². The Morgan fingerprint density at radius 3 is 2.57 bits per heavy atom. The van der Waals surface area contributed by atoms with Crippen LogP contribution < -0.4 is 4.72 Å². The van der Waals surface area contributed by atoms with E-state index in [9.17, 15) is 4.79 Å². The second kappa shape index (κ2) is 10.7. The Balaban J connectivity index is 0.000000212. The molecule has 0 spiro atoms. The third kappa shape index (κ3) is 6.53. The van der Waals surface area contributed by atoms with Gasteiger partial charge in [0.05, 0.1) is 9.09 Å². The molecule has 0 saturated carbocycles. The predicted octanol–water partition coefficient (Wildman–Crippen LogP) is 5.61. The molecule has 0 fully saturated rings. The first-order chi connectivity index (χ1) is 14.5. The van der Waals surface area contributed by atoms with Crippen LogP contribution in [0, 0.1) is 25.7 Å². The summed E-state index contributed by atoms with van der Waals surface area (Å²) in [6.45, 7) is 4.09. The molecule has 4 rings (SSSR count). The van der Waals surface area contributed by atoms with Crippen LogP contribution in [-0.2, 0) is 4.79 Å². The second-order valence-electron chi connectivity index (χ2n) is 6.57. The number of fused-ring (bicyclic) bond motifs is 1. The van der Waals surface area contributed by atoms with E-state index >= 15 is 0 Å². The van der Waals surface area contributed by atoms with E-state index in [4.69, 9.17) is 5.11 Å². The standard InChI is InChI=1S/C15H13NO2S2.C9H9N/c1-11-2-4-12(5-3-11)6-7-13-8-9-15(19-13)20-16-10-14(17)18;1-7-6-10-9-5-3-2-4-8(7)9/h2-5,8-9,16H,10H2,1H3,(H,17,18);2-6,10H,1H3. The molecule has 30 heavy (non-hydrogen) atoms. The van der Waals surface area contributed by atoms with Gasteiger partial charge in [0.2, 0.25) is 0 Å². The quantitative estimate of drug-likeness (QED) is 0.288. The highest BCUT2D eigenvalue weighted by Crippen LogP contribution is 2.24. The number of carboxylic acid groups (broad SMARTS) is 1. The summed E-state index contributed by atoms with van der Waals surface area (Å²) in [5.41, 5.74) is 4.74. The SMILES string of the molecule is Cc1c[nH]c2ccccc12.Cc1ccc(C#Cc2ccc(SNCC(=O)O)s2)cc1. The summed E-state index contributed by atoms with van der Waals surface area (Å²) in [7, 11) is 0. The minimum atomic E-state index is -0.867. The number of aromatic nitrogens is 1. The molecule has 0 bridgehead atoms. The van der Waals surface area contributed by atoms with Crippen LogP contribution in [0.2, 0.25) is 0 Å². The largest absolute Gasteiger partial charge is 0.480 e. The van der Waals surface area contributed by atoms with E-state index in [1.807, 2.05) is 55.6 Å². The summed E-state index contributed by atoms with van der Waals surface area (Å²) in [4.78, 5) is 14.5. The van der Waals surface area contributed by atoms with Crippen molar-refractivity contribution in [3.8, 4) is 11.8 Å². The average Bonchev–Trinajstić information content (AvgIpc) is 3.35. The van der Waals surface area contributed by atoms with Crippen LogP contribution in [0.25, 0.3) is 10.9 Å². The fourth-order valence-electron chi connectivity index (χ4n) is 2.60. The minimum Gasteiger partial charge on any atom is -0.480 e. The van der Waals surface area contributed by atoms with E-state index in [0.29, 0.717) is 0 Å². The van der Waals surface area contributed by atoms with Gasteiger partial charge in [-0.15, -0.1) is 11.3 Å². The van der Waals surface area contributed by atoms with Gasteiger partial charge in [0.1, 0.15) is 6.54 Å². The van der Waals surface area contributed by atoms with Crippen LogP contribution in [0.1, 0.15) is 21.6 Å². The number of carbonyl (C=O) groups is 1. The van der Waals surface area contributed by atoms with Gasteiger partial charge in [-0.2, -0.15) is 0 Å². The summed E-state index contributed by atoms with van der Waals surface area (Å²) >= 11 is 2.85. The summed E-state index contributed by atoms with van der Waals surface area (Å²) in [6, 6.07) is 20.3. The second-order valence-corrected chi connectivity index (χ2v) is 8.84. The minimum absolute atomic E-state index is 0.0626. The third-order valence-electron chi connectivity index (χ3n) is 4.16. The van der Waals surface area contributed by atoms with Gasteiger partial charge in [-0.05, 0) is 61.7 Å². The monoisotopic (exact) mass is 434 g/mol. The molecule has 4 aromatic rings. The molecule has 0 aliphatic heterocycles. The van der Waals surface area contributed by atoms with Crippen LogP contribution in [0.4, 0.5) is 0 Å². The van der Waals surface area contributed by atoms with Gasteiger partial charge in [0.15, 0.2) is 0 Å². The van der Waals surface area contributed by atoms with Crippen molar-refractivity contribution >= 4 is 40.2 Å². The number of aliphatic carboxylic acids is 1. The molecule has 2 aromatic heterocycles. The van der Waals surface area contributed by atoms with Crippen molar-refractivity contribution < 1.29 is 9.90 Å². The number of aryl methyl sites for hydroxylation is 2. The Hall–Kier alpha value is -2.98. The summed E-state index contributed by atoms with van der Waals surface area (Å²) in [5, 5.41) is 9.85. The maximum absolute atomic E-state index is 10.4. The summed E-state index contributed by atoms with van der Waals surface area (Å²) in [6.07, 6.45) is 2.03. The van der Waals surface area contributed by atoms with Crippen LogP contribution in [0.3, 0.4) is 0 Å². The van der Waals surface area contributed by atoms with Crippen molar-refractivity contribution in [3.05, 3.63) is 88.4 Å². The van der Waals surface area contributed by atoms with E-state index in [0.717, 1.165) is 14.6 Å². The summed E-state index contributed by atoms with van der Waals surface area (Å²) < 4.78 is 3.77. The normalized spacial score (nSPS) is 10.1. The Morgan fingerprint density at radius 1 is 1.07 bits per heavy atom. The number of nitrogens with one attached hydrogen (secondary N) is 2. The molecule has 0 radical (unpaired) electrons. The van der Waals surface area contributed by atoms with Crippen molar-refractivity contribution in [1.29, 1.82) is 0 Å². The molecular formula is C24H22N2O2S2. The number of H-pyrrole nitrogens is 1. The van der Waals surface area contributed by atoms with Crippen molar-refractivity contribution in [1.82, 2.24) is 9.71 Å². The Bertz CT molecular complexity index is 1180. The van der Waals surface area contributed by atoms with Crippen LogP contribution in [0.5, 0.6) is 0 Å². The Kier molecular flexibility index (Phi) is 7.75. The predicted molar refractivity (Wildman–Crippen MR) is 126 cm³/mol. The zero-order chi connectivity index (χ0) is 21.3. The van der Waals surface area contributed by atoms with Gasteiger partial charge in [0, 0.05) is 22.7 Å². The van der Waals surface area contributed by atoms with Gasteiger partial charge in [-0.25, -0.2) is 4.72 Å². The van der Waals surface area contributed by atoms with Gasteiger partial charge < -0.3 is 10.1 Å². The van der Waals surface area contributed by atoms with Gasteiger partial charge in [-0.3, -0.25) is 4.79 Å². The van der Waals surface area contributed by atoms with Gasteiger partial charge >= 0.3 is 5.97 Å². The lowest BCUT2D eigenvalue weighted by molar-refractivity contribution is -0.135. The van der Waals surface area contributed by atoms with Crippen molar-refractivity contribution in [2.24, 2.45) is 0 Å². The molecule has 0 aliphatic rings. The number of hydrogen-bond acceptors (Lipinski definition) is 4. The molecule has 6 heteroatoms. The average molecular weight is 435 g/mol. The van der Waals surface area contributed by atoms with E-state index in [-0.39, 0.29) is 6.54 Å². The smallest absolute Gasteiger partial charge is 0.318 e. The first-order valence-corrected chi connectivity index (χ1v) is 11.0. The molecule has 4 nitrogen and oxygen atoms in total. The first kappa shape index (κ1) is 21.7. The molecular weight excluding hydrogens is 412 g/mol. The lowest BCUT2D eigenvalue weighted by Gasteiger charge is -1.95. The Labute approximate surface area is 184 Å². The van der Waals surface area contributed by atoms with Gasteiger partial charge in [0.25, 0.3) is 0 Å². The molecule has 2 aromatic carbocycles. The highest BCUT2D eigenvalue weighted by molar-refractivity contribution is 7.99. The Morgan fingerprint density at radius 2 is 1.83 bits per heavy atom. The van der Waals surface area contributed by atoms with Crippen LogP contribution in [-0.4, -0.2) is 22.6 Å². The zero-order valence-corrected chi connectivity index (χ0v) is 18.4. The van der Waals surface area contributed by atoms with Crippen molar-refractivity contribution in [2.45, 2.75) is 18.1 Å².